The predicted molar refractivity (Wildman–Crippen MR) is 63.3 cm³/mol. The van der Waals surface area contributed by atoms with Crippen LogP contribution in [-0.2, 0) is 0 Å². The Morgan fingerprint density at radius 3 is 2.46 bits per heavy atom. The molecule has 13 heavy (non-hydrogen) atoms. The van der Waals surface area contributed by atoms with Gasteiger partial charge in [-0.3, -0.25) is 0 Å². The van der Waals surface area contributed by atoms with E-state index in [1.807, 2.05) is 35.1 Å². The average molecular weight is 284 g/mol. The minimum Gasteiger partial charge on any atom is -0.427 e. The summed E-state index contributed by atoms with van der Waals surface area (Å²) < 4.78 is 5.28. The van der Waals surface area contributed by atoms with Crippen molar-refractivity contribution in [3.8, 4) is 5.75 Å². The molecule has 0 aliphatic carbocycles. The molecule has 0 aliphatic rings. The summed E-state index contributed by atoms with van der Waals surface area (Å²) in [5, 5.41) is 2.44. The van der Waals surface area contributed by atoms with E-state index in [9.17, 15) is 0 Å². The van der Waals surface area contributed by atoms with E-state index in [0.29, 0.717) is 0 Å². The van der Waals surface area contributed by atoms with Gasteiger partial charge in [0.15, 0.2) is 23.0 Å². The molecule has 0 amide bonds. The molecular formula is C11H9IO. The monoisotopic (exact) mass is 284 g/mol. The van der Waals surface area contributed by atoms with Crippen molar-refractivity contribution in [2.45, 2.75) is 6.92 Å². The Balaban J connectivity index is 2.87. The summed E-state index contributed by atoms with van der Waals surface area (Å²) in [5.41, 5.74) is 1.25. The van der Waals surface area contributed by atoms with Gasteiger partial charge in [-0.1, -0.05) is 30.3 Å². The molecule has 0 saturated heterocycles. The third-order valence-corrected chi connectivity index (χ3v) is 2.63. The first-order valence-electron chi connectivity index (χ1n) is 4.10. The Morgan fingerprint density at radius 1 is 1.08 bits per heavy atom. The van der Waals surface area contributed by atoms with Crippen molar-refractivity contribution in [1.82, 2.24) is 0 Å². The van der Waals surface area contributed by atoms with Crippen molar-refractivity contribution in [3.63, 3.8) is 0 Å². The van der Waals surface area contributed by atoms with Crippen LogP contribution in [-0.4, -0.2) is 0 Å². The Hall–Kier alpha value is -0.770. The van der Waals surface area contributed by atoms with Gasteiger partial charge in [0.1, 0.15) is 5.75 Å². The van der Waals surface area contributed by atoms with Gasteiger partial charge < -0.3 is 3.07 Å². The summed E-state index contributed by atoms with van der Waals surface area (Å²) in [6.07, 6.45) is 0. The lowest BCUT2D eigenvalue weighted by molar-refractivity contribution is 0.726. The second kappa shape index (κ2) is 3.54. The average Bonchev–Trinajstić information content (AvgIpc) is 2.17. The highest BCUT2D eigenvalue weighted by atomic mass is 127. The number of hydrogen-bond acceptors (Lipinski definition) is 1. The molecule has 2 aromatic rings. The molecule has 0 atom stereocenters. The fraction of sp³-hybridized carbons (Fsp3) is 0.0909. The number of rotatable bonds is 1. The van der Waals surface area contributed by atoms with Crippen LogP contribution in [0, 0.1) is 6.92 Å². The van der Waals surface area contributed by atoms with E-state index in [0.717, 1.165) is 5.75 Å². The molecule has 2 rings (SSSR count). The molecule has 66 valence electrons. The second-order valence-corrected chi connectivity index (χ2v) is 3.45. The highest BCUT2D eigenvalue weighted by Crippen LogP contribution is 2.29. The molecule has 0 fully saturated rings. The Bertz CT molecular complexity index is 432. The SMILES string of the molecule is Cc1cccc2cccc(OI)c12. The Labute approximate surface area is 91.4 Å². The molecule has 1 nitrogen and oxygen atoms in total. The van der Waals surface area contributed by atoms with E-state index in [-0.39, 0.29) is 0 Å². The van der Waals surface area contributed by atoms with Crippen LogP contribution in [0.2, 0.25) is 0 Å². The van der Waals surface area contributed by atoms with Crippen LogP contribution in [0.3, 0.4) is 0 Å². The lowest BCUT2D eigenvalue weighted by Gasteiger charge is -2.05. The van der Waals surface area contributed by atoms with Gasteiger partial charge in [-0.25, -0.2) is 0 Å². The molecule has 0 unspecified atom stereocenters. The molecule has 2 heteroatoms. The van der Waals surface area contributed by atoms with Crippen LogP contribution in [0.25, 0.3) is 10.8 Å². The first-order chi connectivity index (χ1) is 6.33. The molecule has 0 spiro atoms. The van der Waals surface area contributed by atoms with Crippen molar-refractivity contribution < 1.29 is 3.07 Å². The van der Waals surface area contributed by atoms with Crippen LogP contribution in [0.1, 0.15) is 5.56 Å². The van der Waals surface area contributed by atoms with Gasteiger partial charge >= 0.3 is 0 Å². The molecule has 2 aromatic carbocycles. The van der Waals surface area contributed by atoms with Crippen molar-refractivity contribution in [3.05, 3.63) is 42.0 Å². The summed E-state index contributed by atoms with van der Waals surface area (Å²) in [6, 6.07) is 12.4. The van der Waals surface area contributed by atoms with Gasteiger partial charge in [-0.2, -0.15) is 0 Å². The summed E-state index contributed by atoms with van der Waals surface area (Å²) in [4.78, 5) is 0. The first-order valence-corrected chi connectivity index (χ1v) is 4.98. The standard InChI is InChI=1S/C11H9IO/c1-8-4-2-5-9-6-3-7-10(13-12)11(8)9/h2-7H,1H3. The van der Waals surface area contributed by atoms with Crippen molar-refractivity contribution in [2.75, 3.05) is 0 Å². The van der Waals surface area contributed by atoms with E-state index in [2.05, 4.69) is 31.2 Å². The van der Waals surface area contributed by atoms with E-state index in [4.69, 9.17) is 3.07 Å². The topological polar surface area (TPSA) is 9.23 Å². The number of fused-ring (bicyclic) bond motifs is 1. The zero-order valence-electron chi connectivity index (χ0n) is 7.25. The minimum atomic E-state index is 0.941. The molecule has 0 aliphatic heterocycles. The minimum absolute atomic E-state index is 0.941. The van der Waals surface area contributed by atoms with E-state index < -0.39 is 0 Å². The predicted octanol–water partition coefficient (Wildman–Crippen LogP) is 3.88. The van der Waals surface area contributed by atoms with Gasteiger partial charge in [0.25, 0.3) is 0 Å². The van der Waals surface area contributed by atoms with E-state index >= 15 is 0 Å². The van der Waals surface area contributed by atoms with Crippen molar-refractivity contribution >= 4 is 33.8 Å². The van der Waals surface area contributed by atoms with Crippen LogP contribution in [0.5, 0.6) is 5.75 Å². The Kier molecular flexibility index (Phi) is 2.40. The highest BCUT2D eigenvalue weighted by Gasteiger charge is 2.02. The summed E-state index contributed by atoms with van der Waals surface area (Å²) in [5.74, 6) is 0.941. The smallest absolute Gasteiger partial charge is 0.192 e. The van der Waals surface area contributed by atoms with Crippen molar-refractivity contribution in [2.24, 2.45) is 0 Å². The van der Waals surface area contributed by atoms with Gasteiger partial charge in [0.2, 0.25) is 0 Å². The Morgan fingerprint density at radius 2 is 1.77 bits per heavy atom. The summed E-state index contributed by atoms with van der Waals surface area (Å²) in [6.45, 7) is 2.10. The van der Waals surface area contributed by atoms with Gasteiger partial charge in [0.05, 0.1) is 0 Å². The maximum absolute atomic E-state index is 5.28. The summed E-state index contributed by atoms with van der Waals surface area (Å²) >= 11 is 1.92. The van der Waals surface area contributed by atoms with Crippen LogP contribution in [0.15, 0.2) is 36.4 Å². The molecule has 0 heterocycles. The van der Waals surface area contributed by atoms with Crippen LogP contribution < -0.4 is 3.07 Å². The molecule has 0 bridgehead atoms. The molecule has 0 aromatic heterocycles. The zero-order valence-corrected chi connectivity index (χ0v) is 9.41. The highest BCUT2D eigenvalue weighted by molar-refractivity contribution is 14.1. The van der Waals surface area contributed by atoms with Gasteiger partial charge in [-0.05, 0) is 23.9 Å². The normalized spacial score (nSPS) is 10.3. The first kappa shape index (κ1) is 8.81. The number of aryl methyl sites for hydroxylation is 1. The van der Waals surface area contributed by atoms with E-state index in [1.165, 1.54) is 16.3 Å². The third kappa shape index (κ3) is 1.50. The lowest BCUT2D eigenvalue weighted by atomic mass is 10.1. The number of benzene rings is 2. The molecule has 0 saturated carbocycles. The van der Waals surface area contributed by atoms with Crippen LogP contribution in [0.4, 0.5) is 0 Å². The van der Waals surface area contributed by atoms with E-state index in [1.54, 1.807) is 0 Å². The van der Waals surface area contributed by atoms with Gasteiger partial charge in [-0.15, -0.1) is 0 Å². The second-order valence-electron chi connectivity index (χ2n) is 3.01. The maximum atomic E-state index is 5.28. The maximum Gasteiger partial charge on any atom is 0.192 e. The molecular weight excluding hydrogens is 275 g/mol. The third-order valence-electron chi connectivity index (χ3n) is 2.16. The molecule has 0 N–H and O–H groups in total. The zero-order chi connectivity index (χ0) is 9.26. The number of hydrogen-bond donors (Lipinski definition) is 0. The number of halogens is 1. The largest absolute Gasteiger partial charge is 0.427 e. The van der Waals surface area contributed by atoms with Gasteiger partial charge in [0, 0.05) is 5.39 Å². The lowest BCUT2D eigenvalue weighted by Crippen LogP contribution is -1.81. The van der Waals surface area contributed by atoms with Crippen LogP contribution >= 0.6 is 23.0 Å². The fourth-order valence-corrected chi connectivity index (χ4v) is 1.92. The summed E-state index contributed by atoms with van der Waals surface area (Å²) in [7, 11) is 0. The molecule has 0 radical (unpaired) electrons. The quantitative estimate of drug-likeness (QED) is 0.722. The van der Waals surface area contributed by atoms with Crippen molar-refractivity contribution in [1.29, 1.82) is 0 Å². The fourth-order valence-electron chi connectivity index (χ4n) is 1.55.